The van der Waals surface area contributed by atoms with Crippen molar-refractivity contribution in [1.82, 2.24) is 25.1 Å². The molecule has 5 aromatic rings. The molecule has 4 aromatic heterocycles. The van der Waals surface area contributed by atoms with Gasteiger partial charge in [-0.2, -0.15) is 5.10 Å². The van der Waals surface area contributed by atoms with E-state index < -0.39 is 9.84 Å². The molecule has 0 saturated heterocycles. The van der Waals surface area contributed by atoms with Crippen molar-refractivity contribution in [2.24, 2.45) is 0 Å². The molecule has 1 aromatic carbocycles. The van der Waals surface area contributed by atoms with E-state index in [1.54, 1.807) is 49.1 Å². The highest BCUT2D eigenvalue weighted by Crippen LogP contribution is 2.31. The van der Waals surface area contributed by atoms with Crippen LogP contribution < -0.4 is 5.32 Å². The lowest BCUT2D eigenvalue weighted by molar-refractivity contribution is 0.602. The highest BCUT2D eigenvalue weighted by atomic mass is 32.2. The smallest absolute Gasteiger partial charge is 0.175 e. The Morgan fingerprint density at radius 1 is 0.903 bits per heavy atom. The summed E-state index contributed by atoms with van der Waals surface area (Å²) in [4.78, 5) is 14.0. The van der Waals surface area contributed by atoms with E-state index in [0.717, 1.165) is 44.3 Å². The van der Waals surface area contributed by atoms with E-state index in [1.165, 1.54) is 6.26 Å². The van der Waals surface area contributed by atoms with Crippen molar-refractivity contribution in [2.75, 3.05) is 11.6 Å². The lowest BCUT2D eigenvalue weighted by atomic mass is 10.0. The van der Waals surface area contributed by atoms with Crippen LogP contribution in [0.15, 0.2) is 66.1 Å². The Kier molecular flexibility index (Phi) is 4.40. The second-order valence-electron chi connectivity index (χ2n) is 7.30. The van der Waals surface area contributed by atoms with E-state index in [0.29, 0.717) is 5.82 Å². The number of sulfone groups is 1. The fraction of sp³-hybridized carbons (Fsp3) is 0.0909. The summed E-state index contributed by atoms with van der Waals surface area (Å²) in [5.74, 6) is 0.621. The molecule has 0 radical (unpaired) electrons. The summed E-state index contributed by atoms with van der Waals surface area (Å²) in [7, 11) is -3.24. The number of fused-ring (bicyclic) bond motifs is 2. The van der Waals surface area contributed by atoms with Crippen LogP contribution in [0.4, 0.5) is 11.5 Å². The van der Waals surface area contributed by atoms with Crippen LogP contribution in [0.5, 0.6) is 0 Å². The number of hydrogen-bond acceptors (Lipinski definition) is 7. The van der Waals surface area contributed by atoms with Gasteiger partial charge in [0.2, 0.25) is 0 Å². The van der Waals surface area contributed by atoms with Gasteiger partial charge >= 0.3 is 0 Å². The number of rotatable bonds is 4. The number of hydrogen-bond donors (Lipinski definition) is 2. The standard InChI is InChI=1S/C22H18N6O2S/c1-13-18-11-26-28-19(18)12-25-21(13)22-17-9-20(24-10-14(17)7-8-23-22)27-15-3-5-16(6-4-15)31(2,29)30/h3-12H,1-2H3,(H,24,27)(H,26,28). The van der Waals surface area contributed by atoms with Gasteiger partial charge in [0.1, 0.15) is 5.82 Å². The van der Waals surface area contributed by atoms with Gasteiger partial charge in [-0.3, -0.25) is 15.1 Å². The van der Waals surface area contributed by atoms with E-state index in [4.69, 9.17) is 0 Å². The summed E-state index contributed by atoms with van der Waals surface area (Å²) >= 11 is 0. The first-order valence-electron chi connectivity index (χ1n) is 9.51. The van der Waals surface area contributed by atoms with Crippen LogP contribution in [0.2, 0.25) is 0 Å². The van der Waals surface area contributed by atoms with Gasteiger partial charge in [-0.25, -0.2) is 13.4 Å². The van der Waals surface area contributed by atoms with Gasteiger partial charge in [0.25, 0.3) is 0 Å². The maximum atomic E-state index is 11.7. The molecule has 0 aliphatic heterocycles. The van der Waals surface area contributed by atoms with Crippen LogP contribution in [0, 0.1) is 6.92 Å². The quantitative estimate of drug-likeness (QED) is 0.443. The topological polar surface area (TPSA) is 114 Å². The van der Waals surface area contributed by atoms with Crippen molar-refractivity contribution in [3.8, 4) is 11.4 Å². The summed E-state index contributed by atoms with van der Waals surface area (Å²) in [6.45, 7) is 2.00. The molecule has 0 atom stereocenters. The summed E-state index contributed by atoms with van der Waals surface area (Å²) in [6.07, 6.45) is 8.26. The normalized spacial score (nSPS) is 11.8. The van der Waals surface area contributed by atoms with Crippen molar-refractivity contribution >= 4 is 43.0 Å². The first-order chi connectivity index (χ1) is 14.9. The van der Waals surface area contributed by atoms with E-state index in [-0.39, 0.29) is 4.90 Å². The van der Waals surface area contributed by atoms with Crippen LogP contribution in [0.1, 0.15) is 5.56 Å². The van der Waals surface area contributed by atoms with Crippen molar-refractivity contribution in [3.63, 3.8) is 0 Å². The number of benzene rings is 1. The van der Waals surface area contributed by atoms with Crippen LogP contribution in [-0.2, 0) is 9.84 Å². The predicted molar refractivity (Wildman–Crippen MR) is 120 cm³/mol. The zero-order valence-electron chi connectivity index (χ0n) is 16.8. The molecule has 154 valence electrons. The number of nitrogens with zero attached hydrogens (tertiary/aromatic N) is 4. The van der Waals surface area contributed by atoms with Crippen molar-refractivity contribution < 1.29 is 8.42 Å². The minimum Gasteiger partial charge on any atom is -0.340 e. The van der Waals surface area contributed by atoms with Crippen molar-refractivity contribution in [2.45, 2.75) is 11.8 Å². The number of aromatic nitrogens is 5. The SMILES string of the molecule is Cc1c(-c2nccc3cnc(Nc4ccc(S(C)(=O)=O)cc4)cc23)ncc2[nH]ncc12. The van der Waals surface area contributed by atoms with E-state index in [9.17, 15) is 8.42 Å². The Morgan fingerprint density at radius 3 is 2.48 bits per heavy atom. The number of aryl methyl sites for hydroxylation is 1. The minimum absolute atomic E-state index is 0.271. The highest BCUT2D eigenvalue weighted by molar-refractivity contribution is 7.90. The second-order valence-corrected chi connectivity index (χ2v) is 9.32. The molecule has 4 heterocycles. The molecule has 2 N–H and O–H groups in total. The third-order valence-corrected chi connectivity index (χ3v) is 6.31. The summed E-state index contributed by atoms with van der Waals surface area (Å²) in [5.41, 5.74) is 4.15. The van der Waals surface area contributed by atoms with E-state index in [2.05, 4.69) is 30.5 Å². The number of pyridine rings is 3. The minimum atomic E-state index is -3.24. The fourth-order valence-corrected chi connectivity index (χ4v) is 4.17. The van der Waals surface area contributed by atoms with Gasteiger partial charge in [-0.05, 0) is 48.9 Å². The molecular formula is C22H18N6O2S. The van der Waals surface area contributed by atoms with Crippen LogP contribution in [0.25, 0.3) is 33.1 Å². The van der Waals surface area contributed by atoms with Gasteiger partial charge in [-0.15, -0.1) is 0 Å². The summed E-state index contributed by atoms with van der Waals surface area (Å²) in [6, 6.07) is 10.4. The van der Waals surface area contributed by atoms with Gasteiger partial charge in [0, 0.05) is 40.5 Å². The molecule has 8 nitrogen and oxygen atoms in total. The Hall–Kier alpha value is -3.85. The van der Waals surface area contributed by atoms with E-state index >= 15 is 0 Å². The number of aromatic amines is 1. The Labute approximate surface area is 178 Å². The molecule has 0 fully saturated rings. The largest absolute Gasteiger partial charge is 0.340 e. The van der Waals surface area contributed by atoms with Crippen molar-refractivity contribution in [1.29, 1.82) is 0 Å². The zero-order valence-corrected chi connectivity index (χ0v) is 17.6. The average molecular weight is 430 g/mol. The summed E-state index contributed by atoms with van der Waals surface area (Å²) in [5, 5.41) is 13.1. The average Bonchev–Trinajstić information content (AvgIpc) is 3.23. The van der Waals surface area contributed by atoms with Gasteiger partial charge in [0.05, 0.1) is 34.2 Å². The number of anilines is 2. The molecule has 0 spiro atoms. The molecule has 0 aliphatic rings. The first kappa shape index (κ1) is 19.1. The fourth-order valence-electron chi connectivity index (χ4n) is 3.54. The van der Waals surface area contributed by atoms with Gasteiger partial charge < -0.3 is 5.32 Å². The predicted octanol–water partition coefficient (Wildman–Crippen LogP) is 4.02. The van der Waals surface area contributed by atoms with Gasteiger partial charge in [-0.1, -0.05) is 0 Å². The monoisotopic (exact) mass is 430 g/mol. The molecule has 0 saturated carbocycles. The molecule has 0 bridgehead atoms. The van der Waals surface area contributed by atoms with Crippen LogP contribution >= 0.6 is 0 Å². The maximum Gasteiger partial charge on any atom is 0.175 e. The van der Waals surface area contributed by atoms with Crippen LogP contribution in [-0.4, -0.2) is 39.8 Å². The molecule has 0 amide bonds. The summed E-state index contributed by atoms with van der Waals surface area (Å²) < 4.78 is 23.3. The Balaban J connectivity index is 1.57. The van der Waals surface area contributed by atoms with Crippen LogP contribution in [0.3, 0.4) is 0 Å². The third-order valence-electron chi connectivity index (χ3n) is 5.18. The zero-order chi connectivity index (χ0) is 21.6. The Bertz CT molecular complexity index is 1540. The number of H-pyrrole nitrogens is 1. The molecule has 5 rings (SSSR count). The molecule has 0 aliphatic carbocycles. The first-order valence-corrected chi connectivity index (χ1v) is 11.4. The molecule has 0 unspecified atom stereocenters. The van der Waals surface area contributed by atoms with Gasteiger partial charge in [0.15, 0.2) is 9.84 Å². The molecular weight excluding hydrogens is 412 g/mol. The lowest BCUT2D eigenvalue weighted by Crippen LogP contribution is -1.99. The third kappa shape index (κ3) is 3.49. The van der Waals surface area contributed by atoms with E-state index in [1.807, 2.05) is 19.1 Å². The Morgan fingerprint density at radius 2 is 1.71 bits per heavy atom. The molecule has 31 heavy (non-hydrogen) atoms. The van der Waals surface area contributed by atoms with Crippen molar-refractivity contribution in [3.05, 3.63) is 66.7 Å². The lowest BCUT2D eigenvalue weighted by Gasteiger charge is -2.11. The second kappa shape index (κ2) is 7.13. The highest BCUT2D eigenvalue weighted by Gasteiger charge is 2.14. The number of nitrogens with one attached hydrogen (secondary N) is 2. The molecule has 9 heteroatoms. The maximum absolute atomic E-state index is 11.7.